The molecule has 0 saturated heterocycles. The van der Waals surface area contributed by atoms with Gasteiger partial charge < -0.3 is 10.0 Å². The maximum Gasteiger partial charge on any atom is 0.433 e. The van der Waals surface area contributed by atoms with Crippen LogP contribution in [0, 0.1) is 11.3 Å². The van der Waals surface area contributed by atoms with Crippen LogP contribution in [0.2, 0.25) is 0 Å². The quantitative estimate of drug-likeness (QED) is 0.913. The third kappa shape index (κ3) is 3.58. The van der Waals surface area contributed by atoms with Gasteiger partial charge in [0.05, 0.1) is 12.2 Å². The van der Waals surface area contributed by atoms with Crippen LogP contribution in [0.25, 0.3) is 0 Å². The number of aliphatic hydroxyl groups excluding tert-OH is 1. The van der Waals surface area contributed by atoms with Gasteiger partial charge >= 0.3 is 6.18 Å². The zero-order valence-corrected chi connectivity index (χ0v) is 10.6. The monoisotopic (exact) mass is 273 g/mol. The molecule has 0 bridgehead atoms. The second-order valence-electron chi connectivity index (χ2n) is 4.19. The first-order valence-corrected chi connectivity index (χ1v) is 5.67. The molecule has 0 aliphatic carbocycles. The Hall–Kier alpha value is -1.81. The molecule has 1 aromatic rings. The number of aromatic nitrogens is 1. The predicted molar refractivity (Wildman–Crippen MR) is 63.5 cm³/mol. The number of rotatable bonds is 4. The Morgan fingerprint density at radius 3 is 2.47 bits per heavy atom. The zero-order chi connectivity index (χ0) is 14.6. The largest absolute Gasteiger partial charge is 0.433 e. The lowest BCUT2D eigenvalue weighted by atomic mass is 10.2. The molecule has 0 unspecified atom stereocenters. The summed E-state index contributed by atoms with van der Waals surface area (Å²) < 4.78 is 37.9. The van der Waals surface area contributed by atoms with E-state index in [1.807, 2.05) is 6.07 Å². The number of halogens is 3. The zero-order valence-electron chi connectivity index (χ0n) is 10.6. The van der Waals surface area contributed by atoms with Gasteiger partial charge in [0, 0.05) is 12.6 Å². The number of nitriles is 1. The molecular formula is C12H14F3N3O. The second kappa shape index (κ2) is 5.89. The topological polar surface area (TPSA) is 60.1 Å². The van der Waals surface area contributed by atoms with E-state index in [2.05, 4.69) is 4.98 Å². The van der Waals surface area contributed by atoms with Crippen LogP contribution in [0.3, 0.4) is 0 Å². The molecule has 104 valence electrons. The van der Waals surface area contributed by atoms with E-state index in [9.17, 15) is 13.2 Å². The number of alkyl halides is 3. The van der Waals surface area contributed by atoms with Crippen molar-refractivity contribution in [1.82, 2.24) is 4.98 Å². The van der Waals surface area contributed by atoms with Gasteiger partial charge in [-0.3, -0.25) is 0 Å². The first kappa shape index (κ1) is 15.2. The molecule has 1 N–H and O–H groups in total. The highest BCUT2D eigenvalue weighted by Gasteiger charge is 2.33. The molecule has 0 aromatic carbocycles. The van der Waals surface area contributed by atoms with Crippen molar-refractivity contribution in [3.05, 3.63) is 23.4 Å². The summed E-state index contributed by atoms with van der Waals surface area (Å²) in [6.07, 6.45) is -4.56. The summed E-state index contributed by atoms with van der Waals surface area (Å²) in [7, 11) is 0. The maximum absolute atomic E-state index is 12.6. The lowest BCUT2D eigenvalue weighted by Crippen LogP contribution is -2.35. The molecular weight excluding hydrogens is 259 g/mol. The van der Waals surface area contributed by atoms with Gasteiger partial charge in [-0.15, -0.1) is 0 Å². The van der Waals surface area contributed by atoms with Crippen LogP contribution < -0.4 is 4.90 Å². The average molecular weight is 273 g/mol. The highest BCUT2D eigenvalue weighted by atomic mass is 19.4. The Kier molecular flexibility index (Phi) is 4.72. The van der Waals surface area contributed by atoms with Crippen molar-refractivity contribution in [3.63, 3.8) is 0 Å². The minimum absolute atomic E-state index is 0.0511. The van der Waals surface area contributed by atoms with Crippen LogP contribution in [0.5, 0.6) is 0 Å². The van der Waals surface area contributed by atoms with E-state index >= 15 is 0 Å². The van der Waals surface area contributed by atoms with E-state index in [1.165, 1.54) is 4.90 Å². The van der Waals surface area contributed by atoms with E-state index in [4.69, 9.17) is 10.4 Å². The molecule has 1 aromatic heterocycles. The lowest BCUT2D eigenvalue weighted by Gasteiger charge is -2.28. The third-order valence-corrected chi connectivity index (χ3v) is 2.52. The number of anilines is 1. The normalized spacial score (nSPS) is 11.5. The van der Waals surface area contributed by atoms with Crippen molar-refractivity contribution < 1.29 is 18.3 Å². The van der Waals surface area contributed by atoms with E-state index in [0.717, 1.165) is 12.1 Å². The van der Waals surface area contributed by atoms with Crippen LogP contribution >= 0.6 is 0 Å². The summed E-state index contributed by atoms with van der Waals surface area (Å²) in [6.45, 7) is 3.37. The minimum Gasteiger partial charge on any atom is -0.395 e. The number of nitrogens with zero attached hydrogens (tertiary/aromatic N) is 3. The van der Waals surface area contributed by atoms with E-state index in [1.54, 1.807) is 13.8 Å². The van der Waals surface area contributed by atoms with Crippen LogP contribution in [-0.4, -0.2) is 29.3 Å². The molecule has 7 heteroatoms. The van der Waals surface area contributed by atoms with Gasteiger partial charge in [0.15, 0.2) is 0 Å². The molecule has 0 amide bonds. The molecule has 0 atom stereocenters. The SMILES string of the molecule is CC(C)N(CCO)c1nc(C(F)(F)F)ccc1C#N. The Bertz CT molecular complexity index is 480. The highest BCUT2D eigenvalue weighted by molar-refractivity contribution is 5.55. The fraction of sp³-hybridized carbons (Fsp3) is 0.500. The van der Waals surface area contributed by atoms with Gasteiger partial charge in [-0.1, -0.05) is 0 Å². The Balaban J connectivity index is 3.33. The summed E-state index contributed by atoms with van der Waals surface area (Å²) in [5, 5.41) is 17.9. The van der Waals surface area contributed by atoms with Crippen molar-refractivity contribution in [2.75, 3.05) is 18.1 Å². The van der Waals surface area contributed by atoms with E-state index in [0.29, 0.717) is 0 Å². The molecule has 1 rings (SSSR count). The van der Waals surface area contributed by atoms with Crippen LogP contribution in [0.15, 0.2) is 12.1 Å². The molecule has 0 spiro atoms. The Morgan fingerprint density at radius 2 is 2.05 bits per heavy atom. The molecule has 0 aliphatic rings. The molecule has 1 heterocycles. The predicted octanol–water partition coefficient (Wildman–Crippen LogP) is 2.18. The molecule has 19 heavy (non-hydrogen) atoms. The first-order valence-electron chi connectivity index (χ1n) is 5.67. The van der Waals surface area contributed by atoms with Crippen LogP contribution in [-0.2, 0) is 6.18 Å². The van der Waals surface area contributed by atoms with Crippen LogP contribution in [0.4, 0.5) is 19.0 Å². The maximum atomic E-state index is 12.6. The van der Waals surface area contributed by atoms with Crippen molar-refractivity contribution in [1.29, 1.82) is 5.26 Å². The molecule has 0 fully saturated rings. The summed E-state index contributed by atoms with van der Waals surface area (Å²) in [6, 6.07) is 3.50. The number of pyridine rings is 1. The summed E-state index contributed by atoms with van der Waals surface area (Å²) in [5.41, 5.74) is -1.000. The van der Waals surface area contributed by atoms with Gasteiger partial charge in [0.2, 0.25) is 0 Å². The minimum atomic E-state index is -4.56. The fourth-order valence-electron chi connectivity index (χ4n) is 1.63. The molecule has 0 saturated carbocycles. The lowest BCUT2D eigenvalue weighted by molar-refractivity contribution is -0.141. The number of aliphatic hydroxyl groups is 1. The highest BCUT2D eigenvalue weighted by Crippen LogP contribution is 2.30. The van der Waals surface area contributed by atoms with Crippen molar-refractivity contribution in [3.8, 4) is 6.07 Å². The molecule has 0 radical (unpaired) electrons. The summed E-state index contributed by atoms with van der Waals surface area (Å²) in [4.78, 5) is 4.99. The summed E-state index contributed by atoms with van der Waals surface area (Å²) >= 11 is 0. The van der Waals surface area contributed by atoms with Gasteiger partial charge in [-0.05, 0) is 26.0 Å². The standard InChI is InChI=1S/C12H14F3N3O/c1-8(2)18(5-6-19)11-9(7-16)3-4-10(17-11)12(13,14)15/h3-4,8,19H,5-6H2,1-2H3. The van der Waals surface area contributed by atoms with Gasteiger partial charge in [0.25, 0.3) is 0 Å². The van der Waals surface area contributed by atoms with Gasteiger partial charge in [0.1, 0.15) is 17.6 Å². The van der Waals surface area contributed by atoms with Crippen molar-refractivity contribution in [2.24, 2.45) is 0 Å². The van der Waals surface area contributed by atoms with E-state index in [-0.39, 0.29) is 30.6 Å². The fourth-order valence-corrected chi connectivity index (χ4v) is 1.63. The van der Waals surface area contributed by atoms with Crippen molar-refractivity contribution in [2.45, 2.75) is 26.1 Å². The number of hydrogen-bond donors (Lipinski definition) is 1. The molecule has 4 nitrogen and oxygen atoms in total. The first-order chi connectivity index (χ1) is 8.81. The average Bonchev–Trinajstić information content (AvgIpc) is 2.33. The van der Waals surface area contributed by atoms with Gasteiger partial charge in [-0.2, -0.15) is 18.4 Å². The summed E-state index contributed by atoms with van der Waals surface area (Å²) in [5.74, 6) is -0.0543. The Labute approximate surface area is 109 Å². The van der Waals surface area contributed by atoms with E-state index < -0.39 is 11.9 Å². The molecule has 0 aliphatic heterocycles. The Morgan fingerprint density at radius 1 is 1.42 bits per heavy atom. The van der Waals surface area contributed by atoms with Gasteiger partial charge in [-0.25, -0.2) is 4.98 Å². The number of hydrogen-bond acceptors (Lipinski definition) is 4. The van der Waals surface area contributed by atoms with Crippen LogP contribution in [0.1, 0.15) is 25.1 Å². The van der Waals surface area contributed by atoms with Crippen molar-refractivity contribution >= 4 is 5.82 Å². The second-order valence-corrected chi connectivity index (χ2v) is 4.19. The third-order valence-electron chi connectivity index (χ3n) is 2.52. The smallest absolute Gasteiger partial charge is 0.395 e.